The first kappa shape index (κ1) is 20.8. The summed E-state index contributed by atoms with van der Waals surface area (Å²) in [5.74, 6) is -1.21. The molecule has 0 bridgehead atoms. The first-order chi connectivity index (χ1) is 13.8. The van der Waals surface area contributed by atoms with Crippen molar-refractivity contribution < 1.29 is 18.8 Å². The van der Waals surface area contributed by atoms with Crippen molar-refractivity contribution in [2.75, 3.05) is 11.7 Å². The van der Waals surface area contributed by atoms with Crippen LogP contribution in [0, 0.1) is 13.8 Å². The van der Waals surface area contributed by atoms with Crippen LogP contribution in [0.25, 0.3) is 11.1 Å². The van der Waals surface area contributed by atoms with Crippen LogP contribution in [0.2, 0.25) is 0 Å². The number of aryl methyl sites for hydroxylation is 1. The van der Waals surface area contributed by atoms with Crippen molar-refractivity contribution in [1.29, 1.82) is 0 Å². The number of rotatable bonds is 5. The number of aromatic amines is 1. The molecular weight excluding hydrogens is 439 g/mol. The molecule has 0 spiro atoms. The molecule has 3 rings (SSSR count). The van der Waals surface area contributed by atoms with Crippen molar-refractivity contribution in [2.45, 2.75) is 20.8 Å². The van der Waals surface area contributed by atoms with Crippen LogP contribution in [-0.4, -0.2) is 23.5 Å². The number of anilines is 1. The second-order valence-corrected chi connectivity index (χ2v) is 7.40. The largest absolute Gasteiger partial charge is 0.461 e. The smallest absolute Gasteiger partial charge is 0.355 e. The molecule has 3 aromatic rings. The third-order valence-electron chi connectivity index (χ3n) is 4.55. The Balaban J connectivity index is 1.95. The molecule has 1 N–H and O–H groups in total. The fraction of sp³-hybridized carbons (Fsp3) is 0.182. The number of aromatic nitrogens is 1. The minimum Gasteiger partial charge on any atom is -0.461 e. The van der Waals surface area contributed by atoms with Crippen LogP contribution < -0.4 is 5.12 Å². The van der Waals surface area contributed by atoms with Crippen LogP contribution in [0.3, 0.4) is 0 Å². The Morgan fingerprint density at radius 2 is 1.83 bits per heavy atom. The van der Waals surface area contributed by atoms with Gasteiger partial charge in [-0.3, -0.25) is 4.79 Å². The van der Waals surface area contributed by atoms with E-state index >= 15 is 0 Å². The molecule has 0 atom stereocenters. The van der Waals surface area contributed by atoms with Crippen molar-refractivity contribution in [2.24, 2.45) is 0 Å². The van der Waals surface area contributed by atoms with Crippen molar-refractivity contribution in [1.82, 2.24) is 4.98 Å². The van der Waals surface area contributed by atoms with Crippen molar-refractivity contribution >= 4 is 33.5 Å². The predicted molar refractivity (Wildman–Crippen MR) is 114 cm³/mol. The SMILES string of the molecule is CCOC(=O)c1[nH]c(C)c(-c2cccc(C(=O)N(F)c3ccc(Br)cc3)c2)c1C. The molecule has 0 fully saturated rings. The number of nitrogens with one attached hydrogen (secondary N) is 1. The number of esters is 1. The van der Waals surface area contributed by atoms with Gasteiger partial charge in [-0.05, 0) is 68.3 Å². The number of H-pyrrole nitrogens is 1. The van der Waals surface area contributed by atoms with Gasteiger partial charge in [0.2, 0.25) is 0 Å². The Labute approximate surface area is 176 Å². The Morgan fingerprint density at radius 1 is 1.14 bits per heavy atom. The number of ether oxygens (including phenoxy) is 1. The van der Waals surface area contributed by atoms with Gasteiger partial charge in [0.1, 0.15) is 5.69 Å². The number of hydrogen-bond donors (Lipinski definition) is 1. The van der Waals surface area contributed by atoms with Gasteiger partial charge in [-0.15, -0.1) is 5.12 Å². The van der Waals surface area contributed by atoms with Crippen molar-refractivity contribution in [3.05, 3.63) is 75.5 Å². The molecule has 0 unspecified atom stereocenters. The Hall–Kier alpha value is -2.93. The van der Waals surface area contributed by atoms with Gasteiger partial charge in [-0.1, -0.05) is 32.5 Å². The number of hydrogen-bond acceptors (Lipinski definition) is 3. The maximum absolute atomic E-state index is 14.6. The Morgan fingerprint density at radius 3 is 2.48 bits per heavy atom. The summed E-state index contributed by atoms with van der Waals surface area (Å²) in [4.78, 5) is 27.8. The molecule has 1 heterocycles. The summed E-state index contributed by atoms with van der Waals surface area (Å²) in [6.07, 6.45) is 0. The fourth-order valence-corrected chi connectivity index (χ4v) is 3.47. The highest BCUT2D eigenvalue weighted by molar-refractivity contribution is 9.10. The molecule has 5 nitrogen and oxygen atoms in total. The number of nitrogens with zero attached hydrogens (tertiary/aromatic N) is 1. The average Bonchev–Trinajstić information content (AvgIpc) is 3.02. The molecule has 0 saturated heterocycles. The topological polar surface area (TPSA) is 62.4 Å². The molecule has 150 valence electrons. The minimum atomic E-state index is -0.773. The van der Waals surface area contributed by atoms with E-state index in [2.05, 4.69) is 20.9 Å². The summed E-state index contributed by atoms with van der Waals surface area (Å²) in [6.45, 7) is 5.66. The summed E-state index contributed by atoms with van der Waals surface area (Å²) in [6, 6.07) is 13.0. The van der Waals surface area contributed by atoms with E-state index in [-0.39, 0.29) is 23.0 Å². The summed E-state index contributed by atoms with van der Waals surface area (Å²) >= 11 is 3.29. The number of halogens is 2. The first-order valence-corrected chi connectivity index (χ1v) is 9.85. The van der Waals surface area contributed by atoms with Crippen molar-refractivity contribution in [3.63, 3.8) is 0 Å². The van der Waals surface area contributed by atoms with E-state index in [1.807, 2.05) is 19.9 Å². The van der Waals surface area contributed by atoms with E-state index < -0.39 is 11.9 Å². The third-order valence-corrected chi connectivity index (χ3v) is 5.08. The third kappa shape index (κ3) is 4.24. The molecule has 7 heteroatoms. The van der Waals surface area contributed by atoms with Gasteiger partial charge < -0.3 is 9.72 Å². The van der Waals surface area contributed by atoms with Crippen LogP contribution in [0.5, 0.6) is 0 Å². The van der Waals surface area contributed by atoms with Gasteiger partial charge in [0.05, 0.1) is 12.3 Å². The highest BCUT2D eigenvalue weighted by Crippen LogP contribution is 2.31. The van der Waals surface area contributed by atoms with E-state index in [0.717, 1.165) is 21.3 Å². The van der Waals surface area contributed by atoms with Crippen LogP contribution >= 0.6 is 15.9 Å². The molecule has 1 aromatic heterocycles. The predicted octanol–water partition coefficient (Wildman–Crippen LogP) is 5.77. The normalized spacial score (nSPS) is 10.7. The van der Waals surface area contributed by atoms with Crippen LogP contribution in [0.4, 0.5) is 10.2 Å². The van der Waals surface area contributed by atoms with Crippen LogP contribution in [-0.2, 0) is 4.74 Å². The highest BCUT2D eigenvalue weighted by Gasteiger charge is 2.22. The molecule has 2 aromatic carbocycles. The average molecular weight is 459 g/mol. The summed E-state index contributed by atoms with van der Waals surface area (Å²) in [5.41, 5.74) is 3.69. The fourth-order valence-electron chi connectivity index (χ4n) is 3.20. The lowest BCUT2D eigenvalue weighted by Gasteiger charge is -2.13. The van der Waals surface area contributed by atoms with Gasteiger partial charge in [-0.25, -0.2) is 4.79 Å². The molecule has 29 heavy (non-hydrogen) atoms. The zero-order chi connectivity index (χ0) is 21.1. The summed E-state index contributed by atoms with van der Waals surface area (Å²) in [5, 5.41) is 0.117. The van der Waals surface area contributed by atoms with E-state index in [1.165, 1.54) is 12.1 Å². The van der Waals surface area contributed by atoms with Crippen LogP contribution in [0.1, 0.15) is 39.0 Å². The number of carbonyl (C=O) groups is 2. The zero-order valence-electron chi connectivity index (χ0n) is 16.3. The molecule has 0 radical (unpaired) electrons. The summed E-state index contributed by atoms with van der Waals surface area (Å²) < 4.78 is 20.5. The number of carbonyl (C=O) groups excluding carboxylic acids is 2. The lowest BCUT2D eigenvalue weighted by Crippen LogP contribution is -2.21. The molecular formula is C22H20BrFN2O3. The first-order valence-electron chi connectivity index (χ1n) is 9.06. The van der Waals surface area contributed by atoms with Gasteiger partial charge in [0.15, 0.2) is 0 Å². The van der Waals surface area contributed by atoms with Gasteiger partial charge in [-0.2, -0.15) is 0 Å². The lowest BCUT2D eigenvalue weighted by molar-refractivity contribution is 0.0519. The maximum atomic E-state index is 14.6. The van der Waals surface area contributed by atoms with E-state index in [1.54, 1.807) is 37.3 Å². The Bertz CT molecular complexity index is 1060. The number of benzene rings is 2. The van der Waals surface area contributed by atoms with E-state index in [0.29, 0.717) is 11.3 Å². The monoisotopic (exact) mass is 458 g/mol. The molecule has 0 aliphatic heterocycles. The van der Waals surface area contributed by atoms with Gasteiger partial charge >= 0.3 is 5.97 Å². The molecule has 1 amide bonds. The molecule has 0 saturated carbocycles. The zero-order valence-corrected chi connectivity index (χ0v) is 17.8. The Kier molecular flexibility index (Phi) is 6.17. The van der Waals surface area contributed by atoms with E-state index in [4.69, 9.17) is 4.74 Å². The quantitative estimate of drug-likeness (QED) is 0.389. The standard InChI is InChI=1S/C22H20BrFN2O3/c1-4-29-22(28)20-13(2)19(14(3)25-20)15-6-5-7-16(12-15)21(27)26(24)18-10-8-17(23)9-11-18/h5-12,25H,4H2,1-3H3. The van der Waals surface area contributed by atoms with Crippen LogP contribution in [0.15, 0.2) is 53.0 Å². The lowest BCUT2D eigenvalue weighted by atomic mass is 9.99. The van der Waals surface area contributed by atoms with E-state index in [9.17, 15) is 14.1 Å². The number of amides is 1. The molecule has 0 aliphatic rings. The summed E-state index contributed by atoms with van der Waals surface area (Å²) in [7, 11) is 0. The minimum absolute atomic E-state index is 0.117. The van der Waals surface area contributed by atoms with Gasteiger partial charge in [0, 0.05) is 21.3 Å². The van der Waals surface area contributed by atoms with Gasteiger partial charge in [0.25, 0.3) is 5.91 Å². The van der Waals surface area contributed by atoms with Crippen molar-refractivity contribution in [3.8, 4) is 11.1 Å². The second-order valence-electron chi connectivity index (χ2n) is 6.49. The maximum Gasteiger partial charge on any atom is 0.355 e. The highest BCUT2D eigenvalue weighted by atomic mass is 79.9. The molecule has 0 aliphatic carbocycles. The second kappa shape index (κ2) is 8.61.